The summed E-state index contributed by atoms with van der Waals surface area (Å²) in [4.78, 5) is 5.85. The second-order valence-electron chi connectivity index (χ2n) is 5.42. The lowest BCUT2D eigenvalue weighted by Crippen LogP contribution is -2.09. The molecule has 1 unspecified atom stereocenters. The van der Waals surface area contributed by atoms with Gasteiger partial charge in [0.25, 0.3) is 0 Å². The minimum atomic E-state index is 0.676. The molecule has 106 valence electrons. The van der Waals surface area contributed by atoms with Gasteiger partial charge in [-0.1, -0.05) is 36.7 Å². The largest absolute Gasteiger partial charge is 0.244 e. The van der Waals surface area contributed by atoms with Crippen molar-refractivity contribution < 1.29 is 0 Å². The van der Waals surface area contributed by atoms with Crippen LogP contribution in [0.4, 0.5) is 5.00 Å². The molecule has 2 aromatic rings. The van der Waals surface area contributed by atoms with Crippen LogP contribution in [-0.2, 0) is 12.8 Å². The second kappa shape index (κ2) is 6.01. The summed E-state index contributed by atoms with van der Waals surface area (Å²) in [5, 5.41) is 10.9. The van der Waals surface area contributed by atoms with Crippen molar-refractivity contribution in [3.63, 3.8) is 0 Å². The van der Waals surface area contributed by atoms with Crippen LogP contribution in [0.5, 0.6) is 0 Å². The predicted octanol–water partition coefficient (Wildman–Crippen LogP) is 5.15. The molecular weight excluding hydrogens is 300 g/mol. The van der Waals surface area contributed by atoms with Crippen LogP contribution in [-0.4, -0.2) is 6.21 Å². The Labute approximate surface area is 133 Å². The van der Waals surface area contributed by atoms with Crippen LogP contribution in [0, 0.1) is 17.2 Å². The standard InChI is InChI=1S/C17H15ClN2S/c1-11-6-7-13-14(9-19)17(21-16(13)8-11)20-10-12-4-2-3-5-15(12)18/h2-5,10-11H,6-8H2,1H3. The molecule has 1 heterocycles. The fraction of sp³-hybridized carbons (Fsp3) is 0.294. The van der Waals surface area contributed by atoms with Crippen LogP contribution in [0.3, 0.4) is 0 Å². The molecule has 1 atom stereocenters. The predicted molar refractivity (Wildman–Crippen MR) is 88.9 cm³/mol. The van der Waals surface area contributed by atoms with Crippen LogP contribution < -0.4 is 0 Å². The Hall–Kier alpha value is -1.63. The number of benzene rings is 1. The highest BCUT2D eigenvalue weighted by Gasteiger charge is 2.23. The van der Waals surface area contributed by atoms with Crippen LogP contribution in [0.1, 0.15) is 34.9 Å². The number of nitrogens with zero attached hydrogens (tertiary/aromatic N) is 2. The maximum absolute atomic E-state index is 9.44. The monoisotopic (exact) mass is 314 g/mol. The van der Waals surface area contributed by atoms with Crippen molar-refractivity contribution >= 4 is 34.2 Å². The van der Waals surface area contributed by atoms with E-state index < -0.39 is 0 Å². The highest BCUT2D eigenvalue weighted by molar-refractivity contribution is 7.16. The van der Waals surface area contributed by atoms with E-state index in [2.05, 4.69) is 18.0 Å². The summed E-state index contributed by atoms with van der Waals surface area (Å²) in [5.41, 5.74) is 2.85. The molecule has 0 N–H and O–H groups in total. The van der Waals surface area contributed by atoms with E-state index in [0.717, 1.165) is 35.4 Å². The maximum atomic E-state index is 9.44. The third kappa shape index (κ3) is 2.88. The molecule has 0 aliphatic heterocycles. The summed E-state index contributed by atoms with van der Waals surface area (Å²) in [6.07, 6.45) is 4.98. The van der Waals surface area contributed by atoms with E-state index in [1.54, 1.807) is 17.6 Å². The van der Waals surface area contributed by atoms with Gasteiger partial charge < -0.3 is 0 Å². The molecular formula is C17H15ClN2S. The Morgan fingerprint density at radius 3 is 3.00 bits per heavy atom. The first-order valence-corrected chi connectivity index (χ1v) is 8.21. The third-order valence-corrected chi connectivity index (χ3v) is 5.34. The fourth-order valence-corrected chi connectivity index (χ4v) is 4.14. The highest BCUT2D eigenvalue weighted by Crippen LogP contribution is 2.40. The molecule has 0 fully saturated rings. The SMILES string of the molecule is CC1CCc2c(sc(N=Cc3ccccc3Cl)c2C#N)C1. The fourth-order valence-electron chi connectivity index (χ4n) is 2.65. The van der Waals surface area contributed by atoms with Gasteiger partial charge in [0.1, 0.15) is 11.1 Å². The van der Waals surface area contributed by atoms with Crippen LogP contribution >= 0.6 is 22.9 Å². The van der Waals surface area contributed by atoms with Crippen molar-refractivity contribution in [3.8, 4) is 6.07 Å². The van der Waals surface area contributed by atoms with E-state index in [0.29, 0.717) is 10.9 Å². The van der Waals surface area contributed by atoms with Crippen molar-refractivity contribution in [2.45, 2.75) is 26.2 Å². The lowest BCUT2D eigenvalue weighted by atomic mass is 9.89. The Bertz CT molecular complexity index is 740. The molecule has 0 amide bonds. The van der Waals surface area contributed by atoms with E-state index >= 15 is 0 Å². The topological polar surface area (TPSA) is 36.1 Å². The van der Waals surface area contributed by atoms with Crippen molar-refractivity contribution in [2.75, 3.05) is 0 Å². The molecule has 1 aromatic carbocycles. The van der Waals surface area contributed by atoms with Gasteiger partial charge in [-0.25, -0.2) is 4.99 Å². The Balaban J connectivity index is 1.97. The molecule has 0 bridgehead atoms. The van der Waals surface area contributed by atoms with Crippen molar-refractivity contribution in [3.05, 3.63) is 50.9 Å². The first-order valence-electron chi connectivity index (χ1n) is 7.02. The number of thiophene rings is 1. The van der Waals surface area contributed by atoms with Gasteiger partial charge in [-0.3, -0.25) is 0 Å². The van der Waals surface area contributed by atoms with E-state index in [1.807, 2.05) is 24.3 Å². The molecule has 4 heteroatoms. The van der Waals surface area contributed by atoms with Gasteiger partial charge in [0, 0.05) is 21.7 Å². The molecule has 1 aliphatic rings. The lowest BCUT2D eigenvalue weighted by Gasteiger charge is -2.17. The summed E-state index contributed by atoms with van der Waals surface area (Å²) in [5.74, 6) is 0.697. The Morgan fingerprint density at radius 1 is 1.43 bits per heavy atom. The quantitative estimate of drug-likeness (QED) is 0.706. The zero-order valence-corrected chi connectivity index (χ0v) is 13.3. The average Bonchev–Trinajstić information content (AvgIpc) is 2.82. The molecule has 21 heavy (non-hydrogen) atoms. The average molecular weight is 315 g/mol. The number of hydrogen-bond donors (Lipinski definition) is 0. The summed E-state index contributed by atoms with van der Waals surface area (Å²) in [6, 6.07) is 9.92. The molecule has 0 radical (unpaired) electrons. The molecule has 2 nitrogen and oxygen atoms in total. The smallest absolute Gasteiger partial charge is 0.134 e. The molecule has 3 rings (SSSR count). The first kappa shape index (κ1) is 14.3. The van der Waals surface area contributed by atoms with Crippen molar-refractivity contribution in [1.29, 1.82) is 5.26 Å². The summed E-state index contributed by atoms with van der Waals surface area (Å²) in [7, 11) is 0. The number of halogens is 1. The molecule has 1 aliphatic carbocycles. The van der Waals surface area contributed by atoms with E-state index in [4.69, 9.17) is 11.6 Å². The number of nitriles is 1. The van der Waals surface area contributed by atoms with Gasteiger partial charge in [0.05, 0.1) is 5.56 Å². The van der Waals surface area contributed by atoms with Crippen LogP contribution in [0.2, 0.25) is 5.02 Å². The highest BCUT2D eigenvalue weighted by atomic mass is 35.5. The maximum Gasteiger partial charge on any atom is 0.134 e. The molecule has 1 aromatic heterocycles. The van der Waals surface area contributed by atoms with Gasteiger partial charge in [-0.05, 0) is 36.8 Å². The normalized spacial score (nSPS) is 17.7. The number of hydrogen-bond acceptors (Lipinski definition) is 3. The van der Waals surface area contributed by atoms with Gasteiger partial charge in [-0.15, -0.1) is 11.3 Å². The number of rotatable bonds is 2. The zero-order valence-electron chi connectivity index (χ0n) is 11.8. The molecule has 0 saturated carbocycles. The molecule has 0 spiro atoms. The van der Waals surface area contributed by atoms with E-state index in [9.17, 15) is 5.26 Å². The minimum Gasteiger partial charge on any atom is -0.244 e. The lowest BCUT2D eigenvalue weighted by molar-refractivity contribution is 0.507. The van der Waals surface area contributed by atoms with Crippen LogP contribution in [0.15, 0.2) is 29.3 Å². The van der Waals surface area contributed by atoms with Gasteiger partial charge >= 0.3 is 0 Å². The van der Waals surface area contributed by atoms with E-state index in [-0.39, 0.29) is 0 Å². The Morgan fingerprint density at radius 2 is 2.24 bits per heavy atom. The number of fused-ring (bicyclic) bond motifs is 1. The van der Waals surface area contributed by atoms with Crippen LogP contribution in [0.25, 0.3) is 0 Å². The van der Waals surface area contributed by atoms with Crippen molar-refractivity contribution in [1.82, 2.24) is 0 Å². The molecule has 0 saturated heterocycles. The summed E-state index contributed by atoms with van der Waals surface area (Å²) >= 11 is 7.78. The summed E-state index contributed by atoms with van der Waals surface area (Å²) in [6.45, 7) is 2.27. The van der Waals surface area contributed by atoms with Gasteiger partial charge in [0.15, 0.2) is 0 Å². The summed E-state index contributed by atoms with van der Waals surface area (Å²) < 4.78 is 0. The van der Waals surface area contributed by atoms with E-state index in [1.165, 1.54) is 10.4 Å². The Kier molecular flexibility index (Phi) is 4.10. The van der Waals surface area contributed by atoms with Gasteiger partial charge in [-0.2, -0.15) is 5.26 Å². The minimum absolute atomic E-state index is 0.676. The first-order chi connectivity index (χ1) is 10.2. The van der Waals surface area contributed by atoms with Crippen molar-refractivity contribution in [2.24, 2.45) is 10.9 Å². The second-order valence-corrected chi connectivity index (χ2v) is 6.91. The van der Waals surface area contributed by atoms with Gasteiger partial charge in [0.2, 0.25) is 0 Å². The number of aliphatic imine (C=N–C) groups is 1. The third-order valence-electron chi connectivity index (χ3n) is 3.83. The zero-order chi connectivity index (χ0) is 14.8.